The number of carbonyl (C=O) groups excluding carboxylic acids is 1. The molecule has 2 atom stereocenters. The first-order chi connectivity index (χ1) is 8.67. The van der Waals surface area contributed by atoms with Crippen molar-refractivity contribution in [2.45, 2.75) is 39.4 Å². The number of carbonyl (C=O) groups is 1. The van der Waals surface area contributed by atoms with Crippen LogP contribution < -0.4 is 0 Å². The van der Waals surface area contributed by atoms with Crippen LogP contribution in [0.3, 0.4) is 0 Å². The predicted molar refractivity (Wildman–Crippen MR) is 71.1 cm³/mol. The van der Waals surface area contributed by atoms with Gasteiger partial charge in [0.25, 0.3) is 0 Å². The van der Waals surface area contributed by atoms with Gasteiger partial charge in [-0.1, -0.05) is 50.6 Å². The van der Waals surface area contributed by atoms with Crippen molar-refractivity contribution in [2.24, 2.45) is 5.92 Å². The van der Waals surface area contributed by atoms with Gasteiger partial charge in [0, 0.05) is 0 Å². The molecule has 0 unspecified atom stereocenters. The van der Waals surface area contributed by atoms with Gasteiger partial charge in [0.2, 0.25) is 0 Å². The summed E-state index contributed by atoms with van der Waals surface area (Å²) >= 11 is 0. The van der Waals surface area contributed by atoms with Gasteiger partial charge < -0.3 is 9.47 Å². The lowest BCUT2D eigenvalue weighted by Gasteiger charge is -2.22. The molecule has 0 fully saturated rings. The highest BCUT2D eigenvalue weighted by molar-refractivity contribution is 5.69. The normalized spacial score (nSPS) is 13.9. The van der Waals surface area contributed by atoms with E-state index in [1.807, 2.05) is 30.3 Å². The van der Waals surface area contributed by atoms with E-state index in [1.165, 1.54) is 7.11 Å². The molecule has 18 heavy (non-hydrogen) atoms. The van der Waals surface area contributed by atoms with Gasteiger partial charge in [-0.3, -0.25) is 4.79 Å². The number of rotatable bonds is 7. The Morgan fingerprint density at radius 3 is 2.50 bits per heavy atom. The second-order valence-corrected chi connectivity index (χ2v) is 4.50. The Kier molecular flexibility index (Phi) is 6.44. The highest BCUT2D eigenvalue weighted by Gasteiger charge is 2.20. The highest BCUT2D eigenvalue weighted by atomic mass is 16.5. The third-order valence-electron chi connectivity index (χ3n) is 3.18. The van der Waals surface area contributed by atoms with Crippen LogP contribution in [0.1, 0.15) is 32.3 Å². The van der Waals surface area contributed by atoms with Gasteiger partial charge in [-0.05, 0) is 11.5 Å². The van der Waals surface area contributed by atoms with E-state index in [1.54, 1.807) is 0 Å². The van der Waals surface area contributed by atoms with Gasteiger partial charge >= 0.3 is 5.97 Å². The topological polar surface area (TPSA) is 35.5 Å². The molecule has 0 aromatic heterocycles. The molecule has 100 valence electrons. The quantitative estimate of drug-likeness (QED) is 0.697. The lowest BCUT2D eigenvalue weighted by molar-refractivity contribution is -0.145. The molecule has 0 N–H and O–H groups in total. The summed E-state index contributed by atoms with van der Waals surface area (Å²) < 4.78 is 10.6. The Labute approximate surface area is 109 Å². The monoisotopic (exact) mass is 250 g/mol. The largest absolute Gasteiger partial charge is 0.469 e. The molecule has 0 saturated carbocycles. The van der Waals surface area contributed by atoms with Crippen molar-refractivity contribution in [1.29, 1.82) is 0 Å². The maximum Gasteiger partial charge on any atom is 0.308 e. The summed E-state index contributed by atoms with van der Waals surface area (Å²) in [7, 11) is 1.41. The first kappa shape index (κ1) is 14.7. The highest BCUT2D eigenvalue weighted by Crippen LogP contribution is 2.17. The second kappa shape index (κ2) is 7.88. The van der Waals surface area contributed by atoms with Crippen molar-refractivity contribution in [3.8, 4) is 0 Å². The number of benzene rings is 1. The van der Waals surface area contributed by atoms with E-state index >= 15 is 0 Å². The molecular formula is C15H22O3. The van der Waals surface area contributed by atoms with E-state index in [0.29, 0.717) is 18.9 Å². The minimum Gasteiger partial charge on any atom is -0.469 e. The average Bonchev–Trinajstić information content (AvgIpc) is 2.43. The SMILES string of the molecule is CC[C@H](C)[C@@H](CC(=O)OC)OCc1ccccc1. The predicted octanol–water partition coefficient (Wildman–Crippen LogP) is 3.18. The van der Waals surface area contributed by atoms with Crippen LogP contribution in [0.5, 0.6) is 0 Å². The second-order valence-electron chi connectivity index (χ2n) is 4.50. The van der Waals surface area contributed by atoms with Crippen molar-refractivity contribution in [2.75, 3.05) is 7.11 Å². The summed E-state index contributed by atoms with van der Waals surface area (Å²) in [4.78, 5) is 11.4. The summed E-state index contributed by atoms with van der Waals surface area (Å²) in [6.45, 7) is 4.73. The maximum absolute atomic E-state index is 11.4. The van der Waals surface area contributed by atoms with Crippen molar-refractivity contribution in [1.82, 2.24) is 0 Å². The molecule has 0 amide bonds. The fourth-order valence-corrected chi connectivity index (χ4v) is 1.71. The Morgan fingerprint density at radius 1 is 1.28 bits per heavy atom. The average molecular weight is 250 g/mol. The lowest BCUT2D eigenvalue weighted by atomic mass is 9.99. The third kappa shape index (κ3) is 4.88. The zero-order valence-electron chi connectivity index (χ0n) is 11.4. The van der Waals surface area contributed by atoms with Gasteiger partial charge in [0.1, 0.15) is 0 Å². The third-order valence-corrected chi connectivity index (χ3v) is 3.18. The van der Waals surface area contributed by atoms with Crippen LogP contribution >= 0.6 is 0 Å². The molecule has 0 saturated heterocycles. The molecule has 0 aliphatic rings. The maximum atomic E-state index is 11.4. The Morgan fingerprint density at radius 2 is 1.94 bits per heavy atom. The molecule has 0 radical (unpaired) electrons. The van der Waals surface area contributed by atoms with Crippen LogP contribution in [0.2, 0.25) is 0 Å². The number of hydrogen-bond donors (Lipinski definition) is 0. The summed E-state index contributed by atoms with van der Waals surface area (Å²) in [5.41, 5.74) is 1.12. The number of methoxy groups -OCH3 is 1. The van der Waals surface area contributed by atoms with Crippen LogP contribution in [-0.2, 0) is 20.9 Å². The smallest absolute Gasteiger partial charge is 0.308 e. The fraction of sp³-hybridized carbons (Fsp3) is 0.533. The van der Waals surface area contributed by atoms with Crippen LogP contribution in [-0.4, -0.2) is 19.2 Å². The van der Waals surface area contributed by atoms with Crippen molar-refractivity contribution in [3.63, 3.8) is 0 Å². The molecule has 1 aromatic carbocycles. The van der Waals surface area contributed by atoms with E-state index in [-0.39, 0.29) is 12.1 Å². The van der Waals surface area contributed by atoms with Crippen molar-refractivity contribution in [3.05, 3.63) is 35.9 Å². The zero-order valence-corrected chi connectivity index (χ0v) is 11.4. The molecule has 1 rings (SSSR count). The Balaban J connectivity index is 2.53. The van der Waals surface area contributed by atoms with Gasteiger partial charge in [-0.25, -0.2) is 0 Å². The van der Waals surface area contributed by atoms with E-state index in [4.69, 9.17) is 9.47 Å². The van der Waals surface area contributed by atoms with Crippen molar-refractivity contribution >= 4 is 5.97 Å². The molecule has 0 bridgehead atoms. The standard InChI is InChI=1S/C15H22O3/c1-4-12(2)14(10-15(16)17-3)18-11-13-8-6-5-7-9-13/h5-9,12,14H,4,10-11H2,1-3H3/t12-,14+/m0/s1. The summed E-state index contributed by atoms with van der Waals surface area (Å²) in [6, 6.07) is 9.98. The number of ether oxygens (including phenoxy) is 2. The van der Waals surface area contributed by atoms with Crippen molar-refractivity contribution < 1.29 is 14.3 Å². The zero-order chi connectivity index (χ0) is 13.4. The van der Waals surface area contributed by atoms with E-state index in [9.17, 15) is 4.79 Å². The molecule has 0 spiro atoms. The molecule has 3 nitrogen and oxygen atoms in total. The van der Waals surface area contributed by atoms with Crippen LogP contribution in [0.15, 0.2) is 30.3 Å². The first-order valence-corrected chi connectivity index (χ1v) is 6.39. The first-order valence-electron chi connectivity index (χ1n) is 6.39. The minimum absolute atomic E-state index is 0.0809. The van der Waals surface area contributed by atoms with Gasteiger partial charge in [0.15, 0.2) is 0 Å². The van der Waals surface area contributed by atoms with E-state index in [0.717, 1.165) is 12.0 Å². The van der Waals surface area contributed by atoms with Crippen LogP contribution in [0.25, 0.3) is 0 Å². The minimum atomic E-state index is -0.214. The van der Waals surface area contributed by atoms with E-state index in [2.05, 4.69) is 13.8 Å². The molecule has 0 aliphatic heterocycles. The van der Waals surface area contributed by atoms with Crippen LogP contribution in [0.4, 0.5) is 0 Å². The van der Waals surface area contributed by atoms with Gasteiger partial charge in [-0.15, -0.1) is 0 Å². The molecule has 0 aliphatic carbocycles. The van der Waals surface area contributed by atoms with Gasteiger partial charge in [-0.2, -0.15) is 0 Å². The Bertz CT molecular complexity index is 348. The molecule has 0 heterocycles. The van der Waals surface area contributed by atoms with E-state index < -0.39 is 0 Å². The van der Waals surface area contributed by atoms with Gasteiger partial charge in [0.05, 0.1) is 26.2 Å². The summed E-state index contributed by atoms with van der Waals surface area (Å²) in [6.07, 6.45) is 1.22. The molecule has 1 aromatic rings. The van der Waals surface area contributed by atoms with Crippen LogP contribution in [0, 0.1) is 5.92 Å². The lowest BCUT2D eigenvalue weighted by Crippen LogP contribution is -2.25. The number of hydrogen-bond acceptors (Lipinski definition) is 3. The fourth-order valence-electron chi connectivity index (χ4n) is 1.71. The summed E-state index contributed by atoms with van der Waals surface area (Å²) in [5, 5.41) is 0. The number of esters is 1. The molecular weight excluding hydrogens is 228 g/mol. The summed E-state index contributed by atoms with van der Waals surface area (Å²) in [5.74, 6) is 0.126. The Hall–Kier alpha value is -1.35. The molecule has 3 heteroatoms.